The van der Waals surface area contributed by atoms with Gasteiger partial charge in [-0.25, -0.2) is 4.98 Å². The van der Waals surface area contributed by atoms with Gasteiger partial charge in [0.05, 0.1) is 17.2 Å². The first-order valence-corrected chi connectivity index (χ1v) is 5.73. The molecule has 94 valence electrons. The van der Waals surface area contributed by atoms with Gasteiger partial charge in [-0.2, -0.15) is 0 Å². The van der Waals surface area contributed by atoms with Gasteiger partial charge < -0.3 is 15.5 Å². The highest BCUT2D eigenvalue weighted by molar-refractivity contribution is 5.78. The van der Waals surface area contributed by atoms with Gasteiger partial charge in [0.25, 0.3) is 5.56 Å². The highest BCUT2D eigenvalue weighted by Crippen LogP contribution is 2.24. The van der Waals surface area contributed by atoms with Crippen LogP contribution in [0.1, 0.15) is 0 Å². The predicted octanol–water partition coefficient (Wildman–Crippen LogP) is 2.30. The summed E-state index contributed by atoms with van der Waals surface area (Å²) in [4.78, 5) is 18.3. The molecule has 1 heterocycles. The Bertz CT molecular complexity index is 779. The Labute approximate surface area is 108 Å². The molecule has 0 aliphatic rings. The molecule has 19 heavy (non-hydrogen) atoms. The number of nitrogens with zero attached hydrogens (tertiary/aromatic N) is 1. The zero-order chi connectivity index (χ0) is 13.2. The number of aromatic nitrogens is 2. The molecule has 0 bridgehead atoms. The first-order valence-electron chi connectivity index (χ1n) is 5.73. The lowest BCUT2D eigenvalue weighted by Crippen LogP contribution is -2.05. The number of hydrogen-bond acceptors (Lipinski definition) is 4. The molecular weight excluding hydrogens is 242 g/mol. The second kappa shape index (κ2) is 4.45. The summed E-state index contributed by atoms with van der Waals surface area (Å²) in [6.45, 7) is 0. The molecule has 0 radical (unpaired) electrons. The minimum absolute atomic E-state index is 0.187. The van der Waals surface area contributed by atoms with Gasteiger partial charge >= 0.3 is 0 Å². The summed E-state index contributed by atoms with van der Waals surface area (Å²) in [7, 11) is 0. The van der Waals surface area contributed by atoms with E-state index in [2.05, 4.69) is 9.97 Å². The molecule has 0 aliphatic carbocycles. The molecule has 0 unspecified atom stereocenters. The molecule has 3 N–H and O–H groups in total. The molecule has 0 atom stereocenters. The van der Waals surface area contributed by atoms with Crippen molar-refractivity contribution < 1.29 is 4.74 Å². The highest BCUT2D eigenvalue weighted by atomic mass is 16.5. The number of benzene rings is 2. The fraction of sp³-hybridized carbons (Fsp3) is 0. The largest absolute Gasteiger partial charge is 0.457 e. The molecule has 0 spiro atoms. The first-order chi connectivity index (χ1) is 9.22. The quantitative estimate of drug-likeness (QED) is 0.686. The van der Waals surface area contributed by atoms with Gasteiger partial charge in [-0.05, 0) is 42.5 Å². The Morgan fingerprint density at radius 2 is 1.79 bits per heavy atom. The number of aromatic amines is 1. The number of rotatable bonds is 2. The van der Waals surface area contributed by atoms with Crippen LogP contribution in [0.3, 0.4) is 0 Å². The predicted molar refractivity (Wildman–Crippen MR) is 73.3 cm³/mol. The van der Waals surface area contributed by atoms with E-state index in [0.717, 1.165) is 0 Å². The summed E-state index contributed by atoms with van der Waals surface area (Å²) in [6.07, 6.45) is 1.38. The van der Waals surface area contributed by atoms with Crippen LogP contribution in [0.4, 0.5) is 5.69 Å². The Kier molecular flexibility index (Phi) is 2.64. The zero-order valence-corrected chi connectivity index (χ0v) is 9.96. The maximum Gasteiger partial charge on any atom is 0.258 e. The standard InChI is InChI=1S/C14H11N3O2/c15-9-1-3-10(4-2-9)19-11-5-6-13-12(7-11)14(18)17-8-16-13/h1-8H,15H2,(H,16,17,18). The summed E-state index contributed by atoms with van der Waals surface area (Å²) in [5.41, 5.74) is 6.72. The summed E-state index contributed by atoms with van der Waals surface area (Å²) in [5.74, 6) is 1.24. The van der Waals surface area contributed by atoms with E-state index in [0.29, 0.717) is 28.1 Å². The van der Waals surface area contributed by atoms with Gasteiger partial charge in [0.15, 0.2) is 0 Å². The topological polar surface area (TPSA) is 81.0 Å². The lowest BCUT2D eigenvalue weighted by atomic mass is 10.2. The fourth-order valence-corrected chi connectivity index (χ4v) is 1.78. The van der Waals surface area contributed by atoms with Crippen LogP contribution in [-0.2, 0) is 0 Å². The zero-order valence-electron chi connectivity index (χ0n) is 9.96. The Balaban J connectivity index is 1.99. The number of ether oxygens (including phenoxy) is 1. The second-order valence-corrected chi connectivity index (χ2v) is 4.08. The maximum atomic E-state index is 11.7. The number of nitrogens with one attached hydrogen (secondary N) is 1. The Hall–Kier alpha value is -2.82. The van der Waals surface area contributed by atoms with Crippen molar-refractivity contribution in [1.82, 2.24) is 9.97 Å². The van der Waals surface area contributed by atoms with Crippen molar-refractivity contribution in [3.8, 4) is 11.5 Å². The molecular formula is C14H11N3O2. The van der Waals surface area contributed by atoms with E-state index in [1.807, 2.05) is 0 Å². The minimum atomic E-state index is -0.187. The average molecular weight is 253 g/mol. The number of anilines is 1. The van der Waals surface area contributed by atoms with Crippen molar-refractivity contribution >= 4 is 16.6 Å². The summed E-state index contributed by atoms with van der Waals surface area (Å²) >= 11 is 0. The Morgan fingerprint density at radius 1 is 1.05 bits per heavy atom. The van der Waals surface area contributed by atoms with E-state index in [-0.39, 0.29) is 5.56 Å². The normalized spacial score (nSPS) is 10.5. The van der Waals surface area contributed by atoms with Crippen LogP contribution in [0, 0.1) is 0 Å². The van der Waals surface area contributed by atoms with Gasteiger partial charge in [0.2, 0.25) is 0 Å². The average Bonchev–Trinajstić information content (AvgIpc) is 2.42. The molecule has 0 aliphatic heterocycles. The van der Waals surface area contributed by atoms with Crippen molar-refractivity contribution in [2.45, 2.75) is 0 Å². The van der Waals surface area contributed by atoms with Crippen LogP contribution in [0.15, 0.2) is 53.6 Å². The van der Waals surface area contributed by atoms with E-state index < -0.39 is 0 Å². The first kappa shape index (κ1) is 11.3. The molecule has 2 aromatic carbocycles. The SMILES string of the molecule is Nc1ccc(Oc2ccc3nc[nH]c(=O)c3c2)cc1. The van der Waals surface area contributed by atoms with Crippen LogP contribution in [0.25, 0.3) is 10.9 Å². The van der Waals surface area contributed by atoms with Crippen LogP contribution < -0.4 is 16.0 Å². The van der Waals surface area contributed by atoms with Crippen molar-refractivity contribution in [2.24, 2.45) is 0 Å². The number of H-pyrrole nitrogens is 1. The maximum absolute atomic E-state index is 11.7. The van der Waals surface area contributed by atoms with Crippen LogP contribution in [-0.4, -0.2) is 9.97 Å². The molecule has 5 heteroatoms. The van der Waals surface area contributed by atoms with Crippen LogP contribution in [0.5, 0.6) is 11.5 Å². The summed E-state index contributed by atoms with van der Waals surface area (Å²) in [5, 5.41) is 0.496. The van der Waals surface area contributed by atoms with Crippen molar-refractivity contribution in [1.29, 1.82) is 0 Å². The van der Waals surface area contributed by atoms with Crippen LogP contribution >= 0.6 is 0 Å². The number of nitrogens with two attached hydrogens (primary N) is 1. The third-order valence-corrected chi connectivity index (χ3v) is 2.73. The molecule has 3 aromatic rings. The molecule has 3 rings (SSSR count). The molecule has 0 amide bonds. The smallest absolute Gasteiger partial charge is 0.258 e. The van der Waals surface area contributed by atoms with Gasteiger partial charge in [-0.1, -0.05) is 0 Å². The van der Waals surface area contributed by atoms with Gasteiger partial charge in [-0.15, -0.1) is 0 Å². The number of hydrogen-bond donors (Lipinski definition) is 2. The van der Waals surface area contributed by atoms with Crippen molar-refractivity contribution in [2.75, 3.05) is 5.73 Å². The highest BCUT2D eigenvalue weighted by Gasteiger charge is 2.03. The van der Waals surface area contributed by atoms with Gasteiger partial charge in [0, 0.05) is 5.69 Å². The van der Waals surface area contributed by atoms with Crippen molar-refractivity contribution in [3.05, 3.63) is 59.1 Å². The van der Waals surface area contributed by atoms with Gasteiger partial charge in [0.1, 0.15) is 11.5 Å². The second-order valence-electron chi connectivity index (χ2n) is 4.08. The fourth-order valence-electron chi connectivity index (χ4n) is 1.78. The minimum Gasteiger partial charge on any atom is -0.457 e. The number of nitrogen functional groups attached to an aromatic ring is 1. The molecule has 0 saturated carbocycles. The molecule has 0 fully saturated rings. The lowest BCUT2D eigenvalue weighted by Gasteiger charge is -2.06. The van der Waals surface area contributed by atoms with E-state index in [1.165, 1.54) is 6.33 Å². The van der Waals surface area contributed by atoms with E-state index in [1.54, 1.807) is 42.5 Å². The third kappa shape index (κ3) is 2.26. The van der Waals surface area contributed by atoms with E-state index in [4.69, 9.17) is 10.5 Å². The summed E-state index contributed by atoms with van der Waals surface area (Å²) in [6, 6.07) is 12.2. The lowest BCUT2D eigenvalue weighted by molar-refractivity contribution is 0.483. The third-order valence-electron chi connectivity index (χ3n) is 2.73. The van der Waals surface area contributed by atoms with E-state index >= 15 is 0 Å². The molecule has 0 saturated heterocycles. The van der Waals surface area contributed by atoms with Crippen LogP contribution in [0.2, 0.25) is 0 Å². The number of fused-ring (bicyclic) bond motifs is 1. The van der Waals surface area contributed by atoms with E-state index in [9.17, 15) is 4.79 Å². The monoisotopic (exact) mass is 253 g/mol. The van der Waals surface area contributed by atoms with Gasteiger partial charge in [-0.3, -0.25) is 4.79 Å². The Morgan fingerprint density at radius 3 is 2.58 bits per heavy atom. The molecule has 5 nitrogen and oxygen atoms in total. The molecule has 1 aromatic heterocycles. The summed E-state index contributed by atoms with van der Waals surface area (Å²) < 4.78 is 5.66. The van der Waals surface area contributed by atoms with Crippen molar-refractivity contribution in [3.63, 3.8) is 0 Å².